The number of rotatable bonds is 2. The summed E-state index contributed by atoms with van der Waals surface area (Å²) in [7, 11) is 1.35. The molecule has 2 N–H and O–H groups in total. The Morgan fingerprint density at radius 1 is 1.38 bits per heavy atom. The summed E-state index contributed by atoms with van der Waals surface area (Å²) in [6.07, 6.45) is -4.36. The molecule has 0 radical (unpaired) electrons. The summed E-state index contributed by atoms with van der Waals surface area (Å²) in [5.41, 5.74) is 4.42. The largest absolute Gasteiger partial charge is 0.473 e. The van der Waals surface area contributed by atoms with Crippen molar-refractivity contribution in [2.24, 2.45) is 0 Å². The van der Waals surface area contributed by atoms with Crippen LogP contribution in [0.25, 0.3) is 0 Å². The van der Waals surface area contributed by atoms with Crippen molar-refractivity contribution in [3.8, 4) is 0 Å². The molecule has 1 rings (SSSR count). The van der Waals surface area contributed by atoms with Crippen LogP contribution in [-0.4, -0.2) is 12.3 Å². The molecule has 1 aromatic rings. The van der Waals surface area contributed by atoms with Crippen molar-refractivity contribution in [1.29, 1.82) is 0 Å². The van der Waals surface area contributed by atoms with Crippen molar-refractivity contribution in [1.82, 2.24) is 5.43 Å². The van der Waals surface area contributed by atoms with E-state index in [2.05, 4.69) is 27.8 Å². The van der Waals surface area contributed by atoms with E-state index in [0.29, 0.717) is 0 Å². The molecule has 0 atom stereocenters. The monoisotopic (exact) mass is 250 g/mol. The molecule has 0 saturated carbocycles. The molecule has 0 saturated heterocycles. The van der Waals surface area contributed by atoms with Crippen LogP contribution >= 0.6 is 12.2 Å². The SMILES string of the molecule is COC(=S)NNc1cccc(C(F)(F)F)c1. The summed E-state index contributed by atoms with van der Waals surface area (Å²) in [5.74, 6) is 0. The maximum absolute atomic E-state index is 12.3. The summed E-state index contributed by atoms with van der Waals surface area (Å²) in [4.78, 5) is 0. The van der Waals surface area contributed by atoms with E-state index < -0.39 is 11.7 Å². The van der Waals surface area contributed by atoms with Crippen molar-refractivity contribution >= 4 is 23.1 Å². The van der Waals surface area contributed by atoms with Gasteiger partial charge in [0.1, 0.15) is 0 Å². The summed E-state index contributed by atoms with van der Waals surface area (Å²) in [6, 6.07) is 4.72. The number of anilines is 1. The van der Waals surface area contributed by atoms with Crippen LogP contribution in [0.4, 0.5) is 18.9 Å². The molecule has 88 valence electrons. The number of hydrazine groups is 1. The lowest BCUT2D eigenvalue weighted by atomic mass is 10.2. The number of alkyl halides is 3. The second kappa shape index (κ2) is 5.02. The first-order valence-electron chi connectivity index (χ1n) is 4.20. The van der Waals surface area contributed by atoms with Crippen molar-refractivity contribution < 1.29 is 17.9 Å². The lowest BCUT2D eigenvalue weighted by Crippen LogP contribution is -2.28. The molecule has 0 aliphatic rings. The van der Waals surface area contributed by atoms with Gasteiger partial charge in [0, 0.05) is 0 Å². The van der Waals surface area contributed by atoms with Gasteiger partial charge in [-0.2, -0.15) is 13.2 Å². The molecule has 0 unspecified atom stereocenters. The van der Waals surface area contributed by atoms with Crippen molar-refractivity contribution in [2.75, 3.05) is 12.5 Å². The Labute approximate surface area is 95.6 Å². The molecule has 7 heteroatoms. The number of nitrogens with one attached hydrogen (secondary N) is 2. The van der Waals surface area contributed by atoms with E-state index >= 15 is 0 Å². The highest BCUT2D eigenvalue weighted by atomic mass is 32.1. The number of halogens is 3. The minimum atomic E-state index is -4.36. The zero-order valence-corrected chi connectivity index (χ0v) is 9.08. The van der Waals surface area contributed by atoms with E-state index in [1.54, 1.807) is 0 Å². The third kappa shape index (κ3) is 3.58. The number of benzene rings is 1. The highest BCUT2D eigenvalue weighted by Crippen LogP contribution is 2.30. The summed E-state index contributed by atoms with van der Waals surface area (Å²) >= 11 is 4.64. The molecule has 0 aliphatic carbocycles. The van der Waals surface area contributed by atoms with E-state index in [1.807, 2.05) is 0 Å². The lowest BCUT2D eigenvalue weighted by molar-refractivity contribution is -0.137. The Hall–Kier alpha value is -1.50. The predicted octanol–water partition coefficient (Wildman–Crippen LogP) is 2.55. The molecule has 0 spiro atoms. The molecule has 1 aromatic carbocycles. The van der Waals surface area contributed by atoms with E-state index in [-0.39, 0.29) is 10.9 Å². The minimum absolute atomic E-state index is 0.0393. The Morgan fingerprint density at radius 3 is 2.62 bits per heavy atom. The molecule has 0 heterocycles. The average Bonchev–Trinajstić information content (AvgIpc) is 2.25. The standard InChI is InChI=1S/C9H9F3N2OS/c1-15-8(16)14-13-7-4-2-3-6(5-7)9(10,11)12/h2-5,13H,1H3,(H,14,16). The van der Waals surface area contributed by atoms with Gasteiger partial charge in [-0.3, -0.25) is 10.9 Å². The molecular formula is C9H9F3N2OS. The fraction of sp³-hybridized carbons (Fsp3) is 0.222. The van der Waals surface area contributed by atoms with Crippen molar-refractivity contribution in [3.05, 3.63) is 29.8 Å². The average molecular weight is 250 g/mol. The van der Waals surface area contributed by atoms with E-state index in [4.69, 9.17) is 0 Å². The maximum atomic E-state index is 12.3. The third-order valence-electron chi connectivity index (χ3n) is 1.68. The minimum Gasteiger partial charge on any atom is -0.473 e. The van der Waals surface area contributed by atoms with Crippen LogP contribution in [0.3, 0.4) is 0 Å². The quantitative estimate of drug-likeness (QED) is 0.624. The molecule has 0 bridgehead atoms. The van der Waals surface area contributed by atoms with Gasteiger partial charge in [0.25, 0.3) is 5.17 Å². The number of thiocarbonyl (C=S) groups is 1. The third-order valence-corrected chi connectivity index (χ3v) is 1.95. The molecule has 0 aliphatic heterocycles. The van der Waals surface area contributed by atoms with Gasteiger partial charge in [0.2, 0.25) is 0 Å². The Kier molecular flexibility index (Phi) is 3.94. The van der Waals surface area contributed by atoms with Crippen LogP contribution in [0.2, 0.25) is 0 Å². The zero-order chi connectivity index (χ0) is 12.2. The van der Waals surface area contributed by atoms with Gasteiger partial charge < -0.3 is 4.74 Å². The molecule has 0 aromatic heterocycles. The summed E-state index contributed by atoms with van der Waals surface area (Å²) in [6.45, 7) is 0. The van der Waals surface area contributed by atoms with E-state index in [1.165, 1.54) is 19.2 Å². The summed E-state index contributed by atoms with van der Waals surface area (Å²) < 4.78 is 41.6. The highest BCUT2D eigenvalue weighted by Gasteiger charge is 2.30. The summed E-state index contributed by atoms with van der Waals surface area (Å²) in [5, 5.41) is 0.0393. The van der Waals surface area contributed by atoms with Crippen molar-refractivity contribution in [2.45, 2.75) is 6.18 Å². The van der Waals surface area contributed by atoms with Gasteiger partial charge in [0.05, 0.1) is 18.4 Å². The van der Waals surface area contributed by atoms with Gasteiger partial charge in [0.15, 0.2) is 0 Å². The second-order valence-electron chi connectivity index (χ2n) is 2.82. The lowest BCUT2D eigenvalue weighted by Gasteiger charge is -2.11. The Bertz CT molecular complexity index is 381. The fourth-order valence-corrected chi connectivity index (χ4v) is 0.999. The van der Waals surface area contributed by atoms with Gasteiger partial charge >= 0.3 is 6.18 Å². The topological polar surface area (TPSA) is 33.3 Å². The Morgan fingerprint density at radius 2 is 2.06 bits per heavy atom. The second-order valence-corrected chi connectivity index (χ2v) is 3.19. The van der Waals surface area contributed by atoms with Gasteiger partial charge in [-0.15, -0.1) is 0 Å². The first-order valence-corrected chi connectivity index (χ1v) is 4.61. The molecular weight excluding hydrogens is 241 g/mol. The fourth-order valence-electron chi connectivity index (χ4n) is 0.948. The molecule has 3 nitrogen and oxygen atoms in total. The van der Waals surface area contributed by atoms with E-state index in [9.17, 15) is 13.2 Å². The van der Waals surface area contributed by atoms with Gasteiger partial charge in [-0.25, -0.2) is 0 Å². The number of methoxy groups -OCH3 is 1. The molecule has 0 amide bonds. The maximum Gasteiger partial charge on any atom is 0.416 e. The molecule has 0 fully saturated rings. The highest BCUT2D eigenvalue weighted by molar-refractivity contribution is 7.80. The first kappa shape index (κ1) is 12.6. The van der Waals surface area contributed by atoms with Crippen LogP contribution < -0.4 is 10.9 Å². The Balaban J connectivity index is 2.72. The smallest absolute Gasteiger partial charge is 0.416 e. The number of hydrogen-bond acceptors (Lipinski definition) is 3. The van der Waals surface area contributed by atoms with Crippen molar-refractivity contribution in [3.63, 3.8) is 0 Å². The number of ether oxygens (including phenoxy) is 1. The van der Waals surface area contributed by atoms with Crippen LogP contribution in [0, 0.1) is 0 Å². The normalized spacial score (nSPS) is 10.8. The van der Waals surface area contributed by atoms with Crippen LogP contribution in [-0.2, 0) is 10.9 Å². The zero-order valence-electron chi connectivity index (χ0n) is 8.26. The number of hydrogen-bond donors (Lipinski definition) is 2. The van der Waals surface area contributed by atoms with Crippen LogP contribution in [0.1, 0.15) is 5.56 Å². The van der Waals surface area contributed by atoms with Crippen LogP contribution in [0.5, 0.6) is 0 Å². The predicted molar refractivity (Wildman–Crippen MR) is 57.8 cm³/mol. The van der Waals surface area contributed by atoms with Gasteiger partial charge in [-0.1, -0.05) is 6.07 Å². The van der Waals surface area contributed by atoms with Gasteiger partial charge in [-0.05, 0) is 30.4 Å². The van der Waals surface area contributed by atoms with E-state index in [0.717, 1.165) is 12.1 Å². The first-order chi connectivity index (χ1) is 7.43. The van der Waals surface area contributed by atoms with Crippen LogP contribution in [0.15, 0.2) is 24.3 Å². The molecule has 16 heavy (non-hydrogen) atoms.